The molecule has 0 aliphatic rings. The lowest BCUT2D eigenvalue weighted by atomic mass is 10.1. The normalized spacial score (nSPS) is 10.8. The molecular weight excluding hydrogens is 265 g/mol. The first kappa shape index (κ1) is 13.9. The lowest BCUT2D eigenvalue weighted by molar-refractivity contribution is 0.628. The standard InChI is InChI=1S/C14H15ClFN3/c1-8-11(5-6-17)9(2)19-14(18-8)12-4-3-10(16)7-13(12)15/h3-4,7H,5-6,17H2,1-2H3. The molecule has 0 fully saturated rings. The van der Waals surface area contributed by atoms with Gasteiger partial charge in [0.2, 0.25) is 0 Å². The van der Waals surface area contributed by atoms with E-state index in [1.165, 1.54) is 12.1 Å². The predicted octanol–water partition coefficient (Wildman–Crippen LogP) is 3.05. The van der Waals surface area contributed by atoms with Crippen molar-refractivity contribution in [3.63, 3.8) is 0 Å². The van der Waals surface area contributed by atoms with Crippen LogP contribution in [0, 0.1) is 19.7 Å². The molecule has 0 unspecified atom stereocenters. The van der Waals surface area contributed by atoms with Crippen molar-refractivity contribution < 1.29 is 4.39 Å². The Bertz CT molecular complexity index is 591. The first-order valence-corrected chi connectivity index (χ1v) is 6.40. The van der Waals surface area contributed by atoms with E-state index in [0.29, 0.717) is 23.0 Å². The molecule has 3 nitrogen and oxygen atoms in total. The maximum Gasteiger partial charge on any atom is 0.161 e. The minimum absolute atomic E-state index is 0.311. The monoisotopic (exact) mass is 279 g/mol. The van der Waals surface area contributed by atoms with Gasteiger partial charge in [0.1, 0.15) is 5.82 Å². The Balaban J connectivity index is 2.52. The van der Waals surface area contributed by atoms with Crippen LogP contribution in [0.2, 0.25) is 5.02 Å². The minimum atomic E-state index is -0.373. The smallest absolute Gasteiger partial charge is 0.161 e. The number of rotatable bonds is 3. The average Bonchev–Trinajstić information content (AvgIpc) is 2.33. The Morgan fingerprint density at radius 1 is 1.21 bits per heavy atom. The summed E-state index contributed by atoms with van der Waals surface area (Å²) >= 11 is 6.03. The summed E-state index contributed by atoms with van der Waals surface area (Å²) in [5, 5.41) is 0.311. The highest BCUT2D eigenvalue weighted by Crippen LogP contribution is 2.27. The highest BCUT2D eigenvalue weighted by molar-refractivity contribution is 6.33. The first-order chi connectivity index (χ1) is 9.02. The second kappa shape index (κ2) is 5.63. The Kier molecular flexibility index (Phi) is 4.12. The first-order valence-electron chi connectivity index (χ1n) is 6.02. The molecule has 0 atom stereocenters. The topological polar surface area (TPSA) is 51.8 Å². The number of nitrogens with two attached hydrogens (primary N) is 1. The third kappa shape index (κ3) is 2.91. The molecule has 0 saturated heterocycles. The largest absolute Gasteiger partial charge is 0.330 e. The highest BCUT2D eigenvalue weighted by atomic mass is 35.5. The van der Waals surface area contributed by atoms with Crippen LogP contribution in [0.25, 0.3) is 11.4 Å². The molecule has 0 aliphatic heterocycles. The molecular formula is C14H15ClFN3. The molecule has 0 radical (unpaired) electrons. The third-order valence-electron chi connectivity index (χ3n) is 2.99. The molecule has 2 N–H and O–H groups in total. The molecule has 0 spiro atoms. The van der Waals surface area contributed by atoms with Crippen LogP contribution >= 0.6 is 11.6 Å². The van der Waals surface area contributed by atoms with E-state index in [9.17, 15) is 4.39 Å². The maximum atomic E-state index is 13.0. The lowest BCUT2D eigenvalue weighted by Crippen LogP contribution is -2.09. The van der Waals surface area contributed by atoms with Crippen LogP contribution in [0.4, 0.5) is 4.39 Å². The number of halogens is 2. The van der Waals surface area contributed by atoms with Crippen LogP contribution in [-0.2, 0) is 6.42 Å². The number of hydrogen-bond acceptors (Lipinski definition) is 3. The van der Waals surface area contributed by atoms with Gasteiger partial charge in [-0.25, -0.2) is 14.4 Å². The molecule has 0 bridgehead atoms. The second-order valence-electron chi connectivity index (χ2n) is 4.36. The Hall–Kier alpha value is -1.52. The van der Waals surface area contributed by atoms with Gasteiger partial charge in [-0.15, -0.1) is 0 Å². The van der Waals surface area contributed by atoms with Crippen LogP contribution in [0.5, 0.6) is 0 Å². The number of nitrogens with zero attached hydrogens (tertiary/aromatic N) is 2. The van der Waals surface area contributed by atoms with Gasteiger partial charge in [0, 0.05) is 17.0 Å². The highest BCUT2D eigenvalue weighted by Gasteiger charge is 2.12. The van der Waals surface area contributed by atoms with Crippen LogP contribution in [0.1, 0.15) is 17.0 Å². The molecule has 1 heterocycles. The summed E-state index contributed by atoms with van der Waals surface area (Å²) in [6, 6.07) is 4.20. The fraction of sp³-hybridized carbons (Fsp3) is 0.286. The van der Waals surface area contributed by atoms with Gasteiger partial charge in [-0.2, -0.15) is 0 Å². The molecule has 2 rings (SSSR count). The zero-order chi connectivity index (χ0) is 14.0. The van der Waals surface area contributed by atoms with Gasteiger partial charge < -0.3 is 5.73 Å². The van der Waals surface area contributed by atoms with E-state index in [2.05, 4.69) is 9.97 Å². The number of aromatic nitrogens is 2. The Labute approximate surface area is 116 Å². The summed E-state index contributed by atoms with van der Waals surface area (Å²) in [5.41, 5.74) is 9.03. The van der Waals surface area contributed by atoms with Crippen molar-refractivity contribution in [2.75, 3.05) is 6.54 Å². The second-order valence-corrected chi connectivity index (χ2v) is 4.77. The van der Waals surface area contributed by atoms with E-state index < -0.39 is 0 Å². The van der Waals surface area contributed by atoms with Gasteiger partial charge in [-0.05, 0) is 50.6 Å². The lowest BCUT2D eigenvalue weighted by Gasteiger charge is -2.11. The average molecular weight is 280 g/mol. The summed E-state index contributed by atoms with van der Waals surface area (Å²) in [5.74, 6) is 0.141. The predicted molar refractivity (Wildman–Crippen MR) is 74.7 cm³/mol. The van der Waals surface area contributed by atoms with Crippen molar-refractivity contribution in [1.82, 2.24) is 9.97 Å². The summed E-state index contributed by atoms with van der Waals surface area (Å²) in [6.07, 6.45) is 0.745. The summed E-state index contributed by atoms with van der Waals surface area (Å²) in [6.45, 7) is 4.39. The molecule has 1 aromatic heterocycles. The van der Waals surface area contributed by atoms with E-state index in [1.54, 1.807) is 6.07 Å². The SMILES string of the molecule is Cc1nc(-c2ccc(F)cc2Cl)nc(C)c1CCN. The van der Waals surface area contributed by atoms with Crippen molar-refractivity contribution in [3.05, 3.63) is 46.0 Å². The Morgan fingerprint density at radius 3 is 2.37 bits per heavy atom. The van der Waals surface area contributed by atoms with Crippen molar-refractivity contribution in [2.24, 2.45) is 5.73 Å². The zero-order valence-electron chi connectivity index (χ0n) is 10.9. The fourth-order valence-corrected chi connectivity index (χ4v) is 2.29. The van der Waals surface area contributed by atoms with Gasteiger partial charge in [-0.1, -0.05) is 11.6 Å². The maximum absolute atomic E-state index is 13.0. The van der Waals surface area contributed by atoms with Gasteiger partial charge in [0.25, 0.3) is 0 Å². The molecule has 5 heteroatoms. The summed E-state index contributed by atoms with van der Waals surface area (Å²) in [7, 11) is 0. The molecule has 0 aliphatic carbocycles. The summed E-state index contributed by atoms with van der Waals surface area (Å²) in [4.78, 5) is 8.88. The van der Waals surface area contributed by atoms with E-state index in [0.717, 1.165) is 23.4 Å². The molecule has 0 saturated carbocycles. The van der Waals surface area contributed by atoms with Crippen LogP contribution in [0.3, 0.4) is 0 Å². The van der Waals surface area contributed by atoms with Crippen molar-refractivity contribution in [2.45, 2.75) is 20.3 Å². The van der Waals surface area contributed by atoms with E-state index in [4.69, 9.17) is 17.3 Å². The van der Waals surface area contributed by atoms with Gasteiger partial charge in [0.15, 0.2) is 5.82 Å². The Morgan fingerprint density at radius 2 is 1.84 bits per heavy atom. The molecule has 19 heavy (non-hydrogen) atoms. The fourth-order valence-electron chi connectivity index (χ4n) is 2.04. The van der Waals surface area contributed by atoms with E-state index in [1.807, 2.05) is 13.8 Å². The van der Waals surface area contributed by atoms with Crippen molar-refractivity contribution >= 4 is 11.6 Å². The van der Waals surface area contributed by atoms with E-state index >= 15 is 0 Å². The van der Waals surface area contributed by atoms with Crippen molar-refractivity contribution in [1.29, 1.82) is 0 Å². The third-order valence-corrected chi connectivity index (χ3v) is 3.30. The quantitative estimate of drug-likeness (QED) is 0.939. The van der Waals surface area contributed by atoms with Gasteiger partial charge >= 0.3 is 0 Å². The van der Waals surface area contributed by atoms with Crippen LogP contribution in [0.15, 0.2) is 18.2 Å². The van der Waals surface area contributed by atoms with Gasteiger partial charge in [0.05, 0.1) is 5.02 Å². The number of hydrogen-bond donors (Lipinski definition) is 1. The molecule has 2 aromatic rings. The minimum Gasteiger partial charge on any atom is -0.330 e. The molecule has 100 valence electrons. The van der Waals surface area contributed by atoms with Crippen molar-refractivity contribution in [3.8, 4) is 11.4 Å². The number of aryl methyl sites for hydroxylation is 2. The molecule has 0 amide bonds. The van der Waals surface area contributed by atoms with Crippen LogP contribution < -0.4 is 5.73 Å². The van der Waals surface area contributed by atoms with Crippen LogP contribution in [-0.4, -0.2) is 16.5 Å². The summed E-state index contributed by atoms with van der Waals surface area (Å²) < 4.78 is 13.0. The number of benzene rings is 1. The molecule has 1 aromatic carbocycles. The zero-order valence-corrected chi connectivity index (χ0v) is 11.6. The van der Waals surface area contributed by atoms with E-state index in [-0.39, 0.29) is 5.82 Å². The van der Waals surface area contributed by atoms with Gasteiger partial charge in [-0.3, -0.25) is 0 Å².